The summed E-state index contributed by atoms with van der Waals surface area (Å²) in [6, 6.07) is 4.81. The number of alkyl halides is 1. The third-order valence-electron chi connectivity index (χ3n) is 3.09. The third kappa shape index (κ3) is 1.21. The zero-order valence-electron chi connectivity index (χ0n) is 8.35. The molecule has 1 aromatic heterocycles. The number of rotatable bonds is 0. The molecule has 0 aliphatic heterocycles. The van der Waals surface area contributed by atoms with Crippen LogP contribution in [0.5, 0.6) is 0 Å². The van der Waals surface area contributed by atoms with E-state index in [1.165, 1.54) is 12.1 Å². The number of aromatic nitrogens is 1. The van der Waals surface area contributed by atoms with Crippen LogP contribution in [0.4, 0.5) is 4.39 Å². The Bertz CT molecular complexity index is 624. The Hall–Kier alpha value is -1.34. The van der Waals surface area contributed by atoms with E-state index in [9.17, 15) is 4.39 Å². The number of nitriles is 1. The molecule has 0 bridgehead atoms. The number of H-pyrrole nitrogens is 1. The molecule has 1 aliphatic rings. The van der Waals surface area contributed by atoms with Crippen LogP contribution in [0, 0.1) is 17.1 Å². The maximum absolute atomic E-state index is 13.4. The third-order valence-corrected chi connectivity index (χ3v) is 4.01. The lowest BCUT2D eigenvalue weighted by molar-refractivity contribution is 0.629. The number of nitrogens with one attached hydrogen (secondary N) is 1. The fourth-order valence-corrected chi connectivity index (χ4v) is 2.99. The van der Waals surface area contributed by atoms with E-state index in [-0.39, 0.29) is 5.82 Å². The highest BCUT2D eigenvalue weighted by atomic mass is 79.9. The van der Waals surface area contributed by atoms with Crippen molar-refractivity contribution in [3.63, 3.8) is 0 Å². The zero-order valence-corrected chi connectivity index (χ0v) is 9.94. The highest BCUT2D eigenvalue weighted by molar-refractivity contribution is 9.09. The number of nitrogens with zero attached hydrogens (tertiary/aromatic N) is 1. The highest BCUT2D eigenvalue weighted by Gasteiger charge is 2.25. The highest BCUT2D eigenvalue weighted by Crippen LogP contribution is 2.41. The first-order valence-corrected chi connectivity index (χ1v) is 6.00. The molecule has 0 saturated carbocycles. The molecule has 4 heteroatoms. The molecule has 1 heterocycles. The molecule has 0 fully saturated rings. The molecule has 16 heavy (non-hydrogen) atoms. The first kappa shape index (κ1) is 9.86. The second-order valence-electron chi connectivity index (χ2n) is 4.01. The van der Waals surface area contributed by atoms with Gasteiger partial charge >= 0.3 is 0 Å². The Morgan fingerprint density at radius 1 is 1.50 bits per heavy atom. The van der Waals surface area contributed by atoms with Gasteiger partial charge in [-0.25, -0.2) is 4.39 Å². The first-order valence-electron chi connectivity index (χ1n) is 5.09. The molecule has 0 radical (unpaired) electrons. The Balaban J connectivity index is 2.41. The summed E-state index contributed by atoms with van der Waals surface area (Å²) in [5.41, 5.74) is 3.38. The van der Waals surface area contributed by atoms with Crippen molar-refractivity contribution in [3.05, 3.63) is 34.8 Å². The van der Waals surface area contributed by atoms with E-state index in [0.717, 1.165) is 35.0 Å². The Morgan fingerprint density at radius 2 is 2.31 bits per heavy atom. The van der Waals surface area contributed by atoms with Gasteiger partial charge in [0.2, 0.25) is 0 Å². The van der Waals surface area contributed by atoms with Gasteiger partial charge in [-0.3, -0.25) is 0 Å². The van der Waals surface area contributed by atoms with Crippen molar-refractivity contribution in [1.82, 2.24) is 4.98 Å². The predicted molar refractivity (Wildman–Crippen MR) is 63.0 cm³/mol. The fourth-order valence-electron chi connectivity index (χ4n) is 2.38. The average molecular weight is 279 g/mol. The Morgan fingerprint density at radius 3 is 3.06 bits per heavy atom. The van der Waals surface area contributed by atoms with E-state index in [0.29, 0.717) is 10.4 Å². The van der Waals surface area contributed by atoms with Crippen LogP contribution in [0.2, 0.25) is 0 Å². The van der Waals surface area contributed by atoms with Crippen molar-refractivity contribution < 1.29 is 4.39 Å². The molecule has 0 amide bonds. The van der Waals surface area contributed by atoms with Crippen molar-refractivity contribution in [2.75, 3.05) is 0 Å². The van der Waals surface area contributed by atoms with Gasteiger partial charge in [0.05, 0.1) is 15.9 Å². The summed E-state index contributed by atoms with van der Waals surface area (Å²) < 4.78 is 13.4. The van der Waals surface area contributed by atoms with Gasteiger partial charge in [-0.2, -0.15) is 5.26 Å². The van der Waals surface area contributed by atoms with Crippen LogP contribution in [-0.4, -0.2) is 4.98 Å². The average Bonchev–Trinajstić information content (AvgIpc) is 2.79. The summed E-state index contributed by atoms with van der Waals surface area (Å²) in [6.45, 7) is 0. The van der Waals surface area contributed by atoms with Crippen LogP contribution >= 0.6 is 15.9 Å². The molecular weight excluding hydrogens is 271 g/mol. The van der Waals surface area contributed by atoms with E-state index in [1.807, 2.05) is 6.07 Å². The number of halogens is 2. The van der Waals surface area contributed by atoms with Gasteiger partial charge in [0, 0.05) is 11.1 Å². The lowest BCUT2D eigenvalue weighted by Crippen LogP contribution is -1.85. The molecule has 0 spiro atoms. The van der Waals surface area contributed by atoms with Crippen molar-refractivity contribution in [3.8, 4) is 6.07 Å². The number of benzene rings is 1. The van der Waals surface area contributed by atoms with Gasteiger partial charge in [0.15, 0.2) is 0 Å². The second-order valence-corrected chi connectivity index (χ2v) is 5.12. The van der Waals surface area contributed by atoms with Gasteiger partial charge in [-0.05, 0) is 30.5 Å². The molecule has 1 N–H and O–H groups in total. The van der Waals surface area contributed by atoms with Crippen LogP contribution in [0.1, 0.15) is 28.1 Å². The summed E-state index contributed by atoms with van der Waals surface area (Å²) in [4.78, 5) is 3.53. The van der Waals surface area contributed by atoms with E-state index >= 15 is 0 Å². The Kier molecular flexibility index (Phi) is 2.05. The van der Waals surface area contributed by atoms with E-state index < -0.39 is 0 Å². The largest absolute Gasteiger partial charge is 0.356 e. The smallest absolute Gasteiger partial charge is 0.125 e. The van der Waals surface area contributed by atoms with Gasteiger partial charge in [-0.15, -0.1) is 0 Å². The molecular formula is C12H8BrFN2. The summed E-state index contributed by atoms with van der Waals surface area (Å²) in [6.07, 6.45) is 1.95. The van der Waals surface area contributed by atoms with Crippen LogP contribution in [0.15, 0.2) is 12.1 Å². The molecule has 1 unspecified atom stereocenters. The maximum Gasteiger partial charge on any atom is 0.125 e. The number of aromatic amines is 1. The number of hydrogen-bond donors (Lipinski definition) is 1. The van der Waals surface area contributed by atoms with Crippen molar-refractivity contribution >= 4 is 26.8 Å². The monoisotopic (exact) mass is 278 g/mol. The zero-order chi connectivity index (χ0) is 11.3. The Labute approximate surface area is 100 Å². The molecule has 1 atom stereocenters. The van der Waals surface area contributed by atoms with Gasteiger partial charge in [0.25, 0.3) is 0 Å². The van der Waals surface area contributed by atoms with Gasteiger partial charge in [0.1, 0.15) is 11.9 Å². The molecule has 80 valence electrons. The summed E-state index contributed by atoms with van der Waals surface area (Å²) in [5, 5.41) is 9.82. The lowest BCUT2D eigenvalue weighted by atomic mass is 10.1. The predicted octanol–water partition coefficient (Wildman–Crippen LogP) is 3.56. The maximum atomic E-state index is 13.4. The van der Waals surface area contributed by atoms with Crippen LogP contribution in [0.25, 0.3) is 10.9 Å². The van der Waals surface area contributed by atoms with Crippen LogP contribution in [-0.2, 0) is 6.42 Å². The quantitative estimate of drug-likeness (QED) is 0.736. The normalized spacial score (nSPS) is 18.7. The minimum absolute atomic E-state index is 0.296. The summed E-state index contributed by atoms with van der Waals surface area (Å²) in [5.74, 6) is -0.344. The summed E-state index contributed by atoms with van der Waals surface area (Å²) in [7, 11) is 0. The molecule has 3 rings (SSSR count). The van der Waals surface area contributed by atoms with E-state index in [1.54, 1.807) is 0 Å². The van der Waals surface area contributed by atoms with Crippen molar-refractivity contribution in [2.45, 2.75) is 17.7 Å². The molecule has 1 aliphatic carbocycles. The number of aryl methyl sites for hydroxylation is 1. The first-order chi connectivity index (χ1) is 7.70. The van der Waals surface area contributed by atoms with Gasteiger partial charge < -0.3 is 4.98 Å². The van der Waals surface area contributed by atoms with Crippen molar-refractivity contribution in [2.24, 2.45) is 0 Å². The van der Waals surface area contributed by atoms with Gasteiger partial charge in [-0.1, -0.05) is 15.9 Å². The molecule has 1 aromatic carbocycles. The second kappa shape index (κ2) is 3.33. The standard InChI is InChI=1S/C12H8BrFN2/c13-10-2-1-8-9-4-7(14)3-6(5-15)11(9)16-12(8)10/h3-4,10,16H,1-2H2. The lowest BCUT2D eigenvalue weighted by Gasteiger charge is -1.98. The molecule has 2 nitrogen and oxygen atoms in total. The fraction of sp³-hybridized carbons (Fsp3) is 0.250. The minimum atomic E-state index is -0.344. The van der Waals surface area contributed by atoms with Crippen LogP contribution < -0.4 is 0 Å². The van der Waals surface area contributed by atoms with E-state index in [2.05, 4.69) is 20.9 Å². The number of fused-ring (bicyclic) bond motifs is 3. The summed E-state index contributed by atoms with van der Waals surface area (Å²) >= 11 is 3.57. The molecule has 2 aromatic rings. The van der Waals surface area contributed by atoms with E-state index in [4.69, 9.17) is 5.26 Å². The topological polar surface area (TPSA) is 39.6 Å². The number of hydrogen-bond acceptors (Lipinski definition) is 1. The van der Waals surface area contributed by atoms with Crippen LogP contribution in [0.3, 0.4) is 0 Å². The SMILES string of the molecule is N#Cc1cc(F)cc2c3c([nH]c12)C(Br)CC3. The molecule has 0 saturated heterocycles. The minimum Gasteiger partial charge on any atom is -0.356 e. The van der Waals surface area contributed by atoms with Crippen molar-refractivity contribution in [1.29, 1.82) is 5.26 Å².